The second kappa shape index (κ2) is 14.7. The van der Waals surface area contributed by atoms with Gasteiger partial charge in [0.15, 0.2) is 0 Å². The summed E-state index contributed by atoms with van der Waals surface area (Å²) in [4.78, 5) is 59.9. The molecule has 4 unspecified atom stereocenters. The van der Waals surface area contributed by atoms with Crippen LogP contribution in [0.3, 0.4) is 0 Å². The van der Waals surface area contributed by atoms with Crippen LogP contribution in [0.25, 0.3) is 43.1 Å². The summed E-state index contributed by atoms with van der Waals surface area (Å²) in [5.41, 5.74) is 0.977. The minimum atomic E-state index is -0.794. The molecule has 7 rings (SSSR count). The summed E-state index contributed by atoms with van der Waals surface area (Å²) in [6.07, 6.45) is 1.67. The monoisotopic (exact) mass is 788 g/mol. The molecule has 5 aromatic rings. The normalized spacial score (nSPS) is 17.5. The van der Waals surface area contributed by atoms with Crippen LogP contribution in [-0.4, -0.2) is 82.1 Å². The average Bonchev–Trinajstić information content (AvgIpc) is 3.15. The number of ether oxygens (including phenoxy) is 3. The number of hydrogen-bond acceptors (Lipinski definition) is 7. The van der Waals surface area contributed by atoms with E-state index in [2.05, 4.69) is 48.5 Å². The first-order valence-electron chi connectivity index (χ1n) is 20.9. The fraction of sp³-hybridized carbons (Fsp3) is 0.510. The van der Waals surface area contributed by atoms with Crippen LogP contribution >= 0.6 is 0 Å². The van der Waals surface area contributed by atoms with Crippen molar-refractivity contribution >= 4 is 66.7 Å². The van der Waals surface area contributed by atoms with Crippen LogP contribution < -0.4 is 0 Å². The maximum absolute atomic E-state index is 14.3. The molecule has 9 nitrogen and oxygen atoms in total. The van der Waals surface area contributed by atoms with Crippen LogP contribution in [0.15, 0.2) is 48.5 Å². The summed E-state index contributed by atoms with van der Waals surface area (Å²) in [6, 6.07) is 13.9. The lowest BCUT2D eigenvalue weighted by molar-refractivity contribution is -0.110. The predicted molar refractivity (Wildman–Crippen MR) is 231 cm³/mol. The van der Waals surface area contributed by atoms with Crippen molar-refractivity contribution in [2.45, 2.75) is 138 Å². The Kier molecular flexibility index (Phi) is 10.6. The first-order chi connectivity index (χ1) is 27.0. The standard InChI is InChI=1S/C49H60N2O7/c1-26(2)29(5)58-49(12,13)30(6)51-45(54)37-20-16-33-31-14-18-35-41-36(19-15-32(39(31)41)34-17-21-38(46(51)55)42(37)40(33)34)44(53)50(43(35)52)27(3)24-56-28(4)25-57-48(10,11)23-22-47(7,8)9/h14-21,26-30H,22-25H2,1-13H3. The number of carbonyl (C=O) groups excluding carboxylic acids is 4. The van der Waals surface area contributed by atoms with Crippen molar-refractivity contribution in [3.63, 3.8) is 0 Å². The van der Waals surface area contributed by atoms with Crippen molar-refractivity contribution in [3.05, 3.63) is 70.8 Å². The second-order valence-electron chi connectivity index (χ2n) is 19.6. The number of carbonyl (C=O) groups is 4. The summed E-state index contributed by atoms with van der Waals surface area (Å²) < 4.78 is 18.8. The van der Waals surface area contributed by atoms with Crippen molar-refractivity contribution in [2.24, 2.45) is 11.3 Å². The Hall–Kier alpha value is -4.44. The third kappa shape index (κ3) is 7.07. The molecule has 5 aromatic carbocycles. The summed E-state index contributed by atoms with van der Waals surface area (Å²) >= 11 is 0. The minimum Gasteiger partial charge on any atom is -0.374 e. The van der Waals surface area contributed by atoms with Gasteiger partial charge in [0.2, 0.25) is 0 Å². The zero-order valence-corrected chi connectivity index (χ0v) is 36.6. The van der Waals surface area contributed by atoms with E-state index in [0.717, 1.165) is 45.2 Å². The Labute approximate surface area is 342 Å². The largest absolute Gasteiger partial charge is 0.374 e. The van der Waals surface area contributed by atoms with Gasteiger partial charge < -0.3 is 14.2 Å². The fourth-order valence-corrected chi connectivity index (χ4v) is 8.60. The van der Waals surface area contributed by atoms with Crippen molar-refractivity contribution in [1.82, 2.24) is 9.80 Å². The van der Waals surface area contributed by atoms with Crippen LogP contribution in [0.2, 0.25) is 0 Å². The molecule has 0 fully saturated rings. The molecule has 0 spiro atoms. The molecule has 58 heavy (non-hydrogen) atoms. The van der Waals surface area contributed by atoms with Gasteiger partial charge in [0, 0.05) is 33.0 Å². The van der Waals surface area contributed by atoms with E-state index in [0.29, 0.717) is 39.6 Å². The van der Waals surface area contributed by atoms with Gasteiger partial charge in [-0.2, -0.15) is 0 Å². The highest BCUT2D eigenvalue weighted by atomic mass is 16.5. The van der Waals surface area contributed by atoms with E-state index < -0.39 is 17.7 Å². The van der Waals surface area contributed by atoms with Crippen LogP contribution in [0.5, 0.6) is 0 Å². The fourth-order valence-electron chi connectivity index (χ4n) is 8.60. The molecule has 0 aliphatic carbocycles. The van der Waals surface area contributed by atoms with E-state index in [9.17, 15) is 19.2 Å². The summed E-state index contributed by atoms with van der Waals surface area (Å²) in [5, 5.41) is 6.29. The average molecular weight is 789 g/mol. The van der Waals surface area contributed by atoms with Gasteiger partial charge in [-0.1, -0.05) is 58.9 Å². The molecule has 0 radical (unpaired) electrons. The van der Waals surface area contributed by atoms with Crippen molar-refractivity contribution in [2.75, 3.05) is 13.2 Å². The number of amides is 4. The summed E-state index contributed by atoms with van der Waals surface area (Å²) in [7, 11) is 0. The molecular weight excluding hydrogens is 729 g/mol. The summed E-state index contributed by atoms with van der Waals surface area (Å²) in [5.74, 6) is -1.16. The van der Waals surface area contributed by atoms with E-state index in [1.807, 2.05) is 77.9 Å². The number of imide groups is 2. The van der Waals surface area contributed by atoms with Gasteiger partial charge in [-0.05, 0) is 136 Å². The lowest BCUT2D eigenvalue weighted by Crippen LogP contribution is -2.56. The van der Waals surface area contributed by atoms with E-state index in [1.165, 1.54) is 9.80 Å². The van der Waals surface area contributed by atoms with Crippen LogP contribution in [0.4, 0.5) is 0 Å². The van der Waals surface area contributed by atoms with Crippen molar-refractivity contribution in [1.29, 1.82) is 0 Å². The molecule has 9 heteroatoms. The summed E-state index contributed by atoms with van der Waals surface area (Å²) in [6.45, 7) is 27.2. The molecule has 4 atom stereocenters. The van der Waals surface area contributed by atoms with Crippen molar-refractivity contribution < 1.29 is 33.4 Å². The molecule has 0 N–H and O–H groups in total. The lowest BCUT2D eigenvalue weighted by Gasteiger charge is -2.42. The van der Waals surface area contributed by atoms with Gasteiger partial charge in [-0.25, -0.2) is 0 Å². The first-order valence-corrected chi connectivity index (χ1v) is 20.9. The maximum Gasteiger partial charge on any atom is 0.261 e. The highest BCUT2D eigenvalue weighted by Gasteiger charge is 2.44. The SMILES string of the molecule is CC(COC(C)(C)CCC(C)(C)C)OCC(C)N1C(=O)c2ccc3c4ccc5c6c(ccc(c7ccc(c2c37)C1=O)c64)C(=O)N(C(C)C(C)(C)OC(C)C(C)C)C5=O. The highest BCUT2D eigenvalue weighted by Crippen LogP contribution is 2.47. The first kappa shape index (κ1) is 41.7. The molecule has 0 bridgehead atoms. The quantitative estimate of drug-likeness (QED) is 0.0627. The molecule has 4 amide bonds. The van der Waals surface area contributed by atoms with E-state index in [4.69, 9.17) is 14.2 Å². The minimum absolute atomic E-state index is 0.0677. The Morgan fingerprint density at radius 1 is 0.534 bits per heavy atom. The van der Waals surface area contributed by atoms with Crippen LogP contribution in [0, 0.1) is 11.3 Å². The Morgan fingerprint density at radius 2 is 0.948 bits per heavy atom. The molecular formula is C49H60N2O7. The second-order valence-corrected chi connectivity index (χ2v) is 19.6. The number of hydrogen-bond donors (Lipinski definition) is 0. The smallest absolute Gasteiger partial charge is 0.261 e. The third-order valence-electron chi connectivity index (χ3n) is 12.8. The van der Waals surface area contributed by atoms with Gasteiger partial charge in [0.05, 0.1) is 48.7 Å². The van der Waals surface area contributed by atoms with Gasteiger partial charge >= 0.3 is 0 Å². The maximum atomic E-state index is 14.3. The van der Waals surface area contributed by atoms with Gasteiger partial charge in [-0.15, -0.1) is 0 Å². The third-order valence-corrected chi connectivity index (χ3v) is 12.8. The van der Waals surface area contributed by atoms with Crippen molar-refractivity contribution in [3.8, 4) is 0 Å². The molecule has 2 aliphatic rings. The van der Waals surface area contributed by atoms with E-state index >= 15 is 0 Å². The molecule has 0 aromatic heterocycles. The van der Waals surface area contributed by atoms with Gasteiger partial charge in [-0.3, -0.25) is 29.0 Å². The van der Waals surface area contributed by atoms with E-state index in [-0.39, 0.29) is 59.4 Å². The number of benzene rings is 5. The highest BCUT2D eigenvalue weighted by molar-refractivity contribution is 6.41. The molecule has 308 valence electrons. The van der Waals surface area contributed by atoms with Crippen LogP contribution in [0.1, 0.15) is 144 Å². The Bertz CT molecular complexity index is 2350. The van der Waals surface area contributed by atoms with Gasteiger partial charge in [0.25, 0.3) is 23.6 Å². The molecule has 2 heterocycles. The number of rotatable bonds is 14. The lowest BCUT2D eigenvalue weighted by atomic mass is 9.81. The molecule has 0 saturated carbocycles. The Balaban J connectivity index is 1.19. The van der Waals surface area contributed by atoms with Crippen LogP contribution in [-0.2, 0) is 14.2 Å². The van der Waals surface area contributed by atoms with Gasteiger partial charge in [0.1, 0.15) is 0 Å². The molecule has 0 saturated heterocycles. The zero-order valence-electron chi connectivity index (χ0n) is 36.6. The zero-order chi connectivity index (χ0) is 42.4. The number of fused-ring (bicyclic) bond motifs is 2. The topological polar surface area (TPSA) is 102 Å². The molecule has 2 aliphatic heterocycles. The van der Waals surface area contributed by atoms with E-state index in [1.54, 1.807) is 12.1 Å². The Morgan fingerprint density at radius 3 is 1.34 bits per heavy atom. The predicted octanol–water partition coefficient (Wildman–Crippen LogP) is 10.6. The number of nitrogens with zero attached hydrogens (tertiary/aromatic N) is 2.